The van der Waals surface area contributed by atoms with Crippen molar-refractivity contribution < 1.29 is 9.18 Å². The Labute approximate surface area is 73.6 Å². The second kappa shape index (κ2) is 2.65. The van der Waals surface area contributed by atoms with E-state index in [-0.39, 0.29) is 11.2 Å². The molecule has 0 saturated carbocycles. The van der Waals surface area contributed by atoms with Gasteiger partial charge >= 0.3 is 0 Å². The molecule has 0 bridgehead atoms. The minimum absolute atomic E-state index is 0.168. The van der Waals surface area contributed by atoms with Gasteiger partial charge < -0.3 is 4.98 Å². The maximum absolute atomic E-state index is 13.2. The number of carbonyl (C=O) groups excluding carboxylic acids is 1. The molecule has 0 aliphatic heterocycles. The summed E-state index contributed by atoms with van der Waals surface area (Å²) in [5.41, 5.74) is 0.755. The van der Waals surface area contributed by atoms with Crippen LogP contribution in [0.4, 0.5) is 4.39 Å². The molecule has 2 aromatic heterocycles. The summed E-state index contributed by atoms with van der Waals surface area (Å²) in [6, 6.07) is 1.24. The number of carbonyl (C=O) groups is 1. The Morgan fingerprint density at radius 1 is 1.62 bits per heavy atom. The van der Waals surface area contributed by atoms with Gasteiger partial charge in [-0.3, -0.25) is 4.79 Å². The molecule has 2 aromatic rings. The van der Waals surface area contributed by atoms with Crippen LogP contribution in [-0.2, 0) is 0 Å². The van der Waals surface area contributed by atoms with E-state index in [2.05, 4.69) is 9.97 Å². The number of ketones is 1. The standard InChI is InChI=1S/C9H7FN2O/c1-5(13)6-4-12-9-8(6)7(10)2-3-11-9/h2-4H,1H3,(H,11,12). The molecule has 2 heterocycles. The second-order valence-electron chi connectivity index (χ2n) is 2.77. The van der Waals surface area contributed by atoms with Crippen molar-refractivity contribution in [2.24, 2.45) is 0 Å². The number of aromatic nitrogens is 2. The second-order valence-corrected chi connectivity index (χ2v) is 2.77. The molecule has 1 N–H and O–H groups in total. The molecule has 0 saturated heterocycles. The van der Waals surface area contributed by atoms with E-state index < -0.39 is 5.82 Å². The van der Waals surface area contributed by atoms with E-state index in [0.717, 1.165) is 0 Å². The molecule has 0 fully saturated rings. The summed E-state index contributed by atoms with van der Waals surface area (Å²) in [7, 11) is 0. The number of hydrogen-bond donors (Lipinski definition) is 1. The van der Waals surface area contributed by atoms with Crippen molar-refractivity contribution in [1.82, 2.24) is 9.97 Å². The fraction of sp³-hybridized carbons (Fsp3) is 0.111. The van der Waals surface area contributed by atoms with Gasteiger partial charge in [0.2, 0.25) is 0 Å². The number of aromatic amines is 1. The topological polar surface area (TPSA) is 45.8 Å². The Morgan fingerprint density at radius 3 is 3.08 bits per heavy atom. The Balaban J connectivity index is 2.86. The average molecular weight is 178 g/mol. The average Bonchev–Trinajstić information content (AvgIpc) is 2.49. The van der Waals surface area contributed by atoms with E-state index in [0.29, 0.717) is 11.2 Å². The first kappa shape index (κ1) is 7.91. The van der Waals surface area contributed by atoms with Gasteiger partial charge in [0, 0.05) is 18.0 Å². The van der Waals surface area contributed by atoms with Crippen LogP contribution >= 0.6 is 0 Å². The van der Waals surface area contributed by atoms with Crippen molar-refractivity contribution in [3.63, 3.8) is 0 Å². The molecule has 66 valence electrons. The van der Waals surface area contributed by atoms with Gasteiger partial charge in [0.1, 0.15) is 11.5 Å². The van der Waals surface area contributed by atoms with Gasteiger partial charge in [0.05, 0.1) is 5.39 Å². The van der Waals surface area contributed by atoms with E-state index in [4.69, 9.17) is 0 Å². The summed E-state index contributed by atoms with van der Waals surface area (Å²) in [6.07, 6.45) is 2.83. The van der Waals surface area contributed by atoms with Crippen LogP contribution in [0, 0.1) is 5.82 Å². The number of halogens is 1. The number of fused-ring (bicyclic) bond motifs is 1. The van der Waals surface area contributed by atoms with Gasteiger partial charge in [-0.25, -0.2) is 9.37 Å². The molecular weight excluding hydrogens is 171 g/mol. The molecule has 0 atom stereocenters. The van der Waals surface area contributed by atoms with Crippen LogP contribution in [0.25, 0.3) is 11.0 Å². The Hall–Kier alpha value is -1.71. The summed E-state index contributed by atoms with van der Waals surface area (Å²) in [5.74, 6) is -0.588. The zero-order valence-electron chi connectivity index (χ0n) is 6.97. The van der Waals surface area contributed by atoms with Crippen molar-refractivity contribution >= 4 is 16.8 Å². The molecule has 3 nitrogen and oxygen atoms in total. The van der Waals surface area contributed by atoms with E-state index in [1.807, 2.05) is 0 Å². The summed E-state index contributed by atoms with van der Waals surface area (Å²) in [4.78, 5) is 17.7. The van der Waals surface area contributed by atoms with Crippen LogP contribution in [0.2, 0.25) is 0 Å². The third-order valence-corrected chi connectivity index (χ3v) is 1.90. The van der Waals surface area contributed by atoms with Gasteiger partial charge in [-0.05, 0) is 13.0 Å². The third-order valence-electron chi connectivity index (χ3n) is 1.90. The zero-order chi connectivity index (χ0) is 9.42. The SMILES string of the molecule is CC(=O)c1c[nH]c2nccc(F)c12. The molecule has 0 amide bonds. The summed E-state index contributed by atoms with van der Waals surface area (Å²) in [5, 5.41) is 0.273. The van der Waals surface area contributed by atoms with Gasteiger partial charge in [0.25, 0.3) is 0 Å². The Kier molecular flexibility index (Phi) is 1.62. The lowest BCUT2D eigenvalue weighted by Crippen LogP contribution is -1.91. The molecule has 13 heavy (non-hydrogen) atoms. The number of nitrogens with zero attached hydrogens (tertiary/aromatic N) is 1. The highest BCUT2D eigenvalue weighted by Gasteiger charge is 2.11. The fourth-order valence-electron chi connectivity index (χ4n) is 1.29. The first-order valence-electron chi connectivity index (χ1n) is 3.82. The predicted molar refractivity (Wildman–Crippen MR) is 46.1 cm³/mol. The summed E-state index contributed by atoms with van der Waals surface area (Å²) in [6.45, 7) is 1.40. The van der Waals surface area contributed by atoms with E-state index in [1.165, 1.54) is 25.4 Å². The number of nitrogens with one attached hydrogen (secondary N) is 1. The Morgan fingerprint density at radius 2 is 2.38 bits per heavy atom. The lowest BCUT2D eigenvalue weighted by Gasteiger charge is -1.93. The fourth-order valence-corrected chi connectivity index (χ4v) is 1.29. The van der Waals surface area contributed by atoms with Gasteiger partial charge in [-0.1, -0.05) is 0 Å². The summed E-state index contributed by atoms with van der Waals surface area (Å²) < 4.78 is 13.2. The van der Waals surface area contributed by atoms with Gasteiger partial charge in [0.15, 0.2) is 5.78 Å². The van der Waals surface area contributed by atoms with Crippen LogP contribution in [-0.4, -0.2) is 15.8 Å². The highest BCUT2D eigenvalue weighted by molar-refractivity contribution is 6.05. The van der Waals surface area contributed by atoms with Crippen molar-refractivity contribution in [1.29, 1.82) is 0 Å². The van der Waals surface area contributed by atoms with E-state index in [9.17, 15) is 9.18 Å². The molecule has 0 aliphatic rings. The van der Waals surface area contributed by atoms with Crippen molar-refractivity contribution in [3.8, 4) is 0 Å². The normalized spacial score (nSPS) is 10.6. The van der Waals surface area contributed by atoms with Crippen molar-refractivity contribution in [2.75, 3.05) is 0 Å². The molecule has 0 radical (unpaired) electrons. The van der Waals surface area contributed by atoms with Crippen molar-refractivity contribution in [3.05, 3.63) is 29.8 Å². The van der Waals surface area contributed by atoms with Crippen LogP contribution in [0.15, 0.2) is 18.5 Å². The van der Waals surface area contributed by atoms with Crippen LogP contribution < -0.4 is 0 Å². The maximum atomic E-state index is 13.2. The molecule has 0 aromatic carbocycles. The molecular formula is C9H7FN2O. The number of rotatable bonds is 1. The lowest BCUT2D eigenvalue weighted by molar-refractivity contribution is 0.101. The van der Waals surface area contributed by atoms with E-state index in [1.54, 1.807) is 0 Å². The molecule has 2 rings (SSSR count). The number of hydrogen-bond acceptors (Lipinski definition) is 2. The smallest absolute Gasteiger partial charge is 0.162 e. The first-order chi connectivity index (χ1) is 6.20. The quantitative estimate of drug-likeness (QED) is 0.678. The molecule has 0 unspecified atom stereocenters. The van der Waals surface area contributed by atoms with Crippen LogP contribution in [0.3, 0.4) is 0 Å². The number of pyridine rings is 1. The van der Waals surface area contributed by atoms with Crippen molar-refractivity contribution in [2.45, 2.75) is 6.92 Å². The number of Topliss-reactive ketones (excluding diaryl/α,β-unsaturated/α-hetero) is 1. The molecule has 4 heteroatoms. The lowest BCUT2D eigenvalue weighted by atomic mass is 10.1. The highest BCUT2D eigenvalue weighted by atomic mass is 19.1. The monoisotopic (exact) mass is 178 g/mol. The minimum atomic E-state index is -0.420. The highest BCUT2D eigenvalue weighted by Crippen LogP contribution is 2.19. The van der Waals surface area contributed by atoms with E-state index >= 15 is 0 Å². The maximum Gasteiger partial charge on any atom is 0.162 e. The van der Waals surface area contributed by atoms with Gasteiger partial charge in [-0.15, -0.1) is 0 Å². The predicted octanol–water partition coefficient (Wildman–Crippen LogP) is 1.90. The largest absolute Gasteiger partial charge is 0.345 e. The minimum Gasteiger partial charge on any atom is -0.345 e. The molecule has 0 aliphatic carbocycles. The van der Waals surface area contributed by atoms with Crippen LogP contribution in [0.5, 0.6) is 0 Å². The number of H-pyrrole nitrogens is 1. The van der Waals surface area contributed by atoms with Gasteiger partial charge in [-0.2, -0.15) is 0 Å². The molecule has 0 spiro atoms. The zero-order valence-corrected chi connectivity index (χ0v) is 6.97. The van der Waals surface area contributed by atoms with Crippen LogP contribution in [0.1, 0.15) is 17.3 Å². The first-order valence-corrected chi connectivity index (χ1v) is 3.82. The third kappa shape index (κ3) is 1.11. The Bertz CT molecular complexity index is 475. The summed E-state index contributed by atoms with van der Waals surface area (Å²) >= 11 is 0.